The van der Waals surface area contributed by atoms with E-state index in [1.807, 2.05) is 0 Å². The standard InChI is InChI=1S/C45H38F2O11/c1-28(2)32(9)51-20-23-54-41-37(19-12-33-10-15-35(16-11-33)52-21-25-56-43(48)29(3)4)39(46)42(55-24-27-58-45(50)31(7)8)38(40(41)47)34-13-17-36(18-14-34)53-22-26-57-44(49)30(5)6/h10-11,13-18,20-27H,1,3,5,7,9H2,2,4,6,8H3. The van der Waals surface area contributed by atoms with Gasteiger partial charge in [-0.15, -0.1) is 0 Å². The third-order valence-corrected chi connectivity index (χ3v) is 6.88. The number of allylic oxidation sites excluding steroid dienone is 1. The van der Waals surface area contributed by atoms with Crippen LogP contribution >= 0.6 is 0 Å². The number of benzene rings is 3. The molecule has 0 saturated carbocycles. The predicted molar refractivity (Wildman–Crippen MR) is 211 cm³/mol. The molecule has 11 nitrogen and oxygen atoms in total. The summed E-state index contributed by atoms with van der Waals surface area (Å²) in [7, 11) is 0. The molecule has 0 bridgehead atoms. The van der Waals surface area contributed by atoms with Crippen molar-refractivity contribution in [3.8, 4) is 46.0 Å². The molecule has 3 aromatic carbocycles. The van der Waals surface area contributed by atoms with Crippen molar-refractivity contribution in [2.75, 3.05) is 0 Å². The SMILES string of the molecule is C=C(C)C(=C)OC=COc1c(F)c(-c2ccc(OC=COC(=O)C(=C)C)cc2)c(OC=COC(=O)C(=C)C)c(F)c1C#Cc1ccc(OC=COC(=O)C(=C)C)cc1. The van der Waals surface area contributed by atoms with Gasteiger partial charge >= 0.3 is 17.9 Å². The van der Waals surface area contributed by atoms with E-state index in [0.717, 1.165) is 50.1 Å². The molecule has 0 aliphatic carbocycles. The van der Waals surface area contributed by atoms with Crippen LogP contribution in [-0.2, 0) is 33.3 Å². The minimum Gasteiger partial charge on any atom is -0.462 e. The first-order chi connectivity index (χ1) is 27.6. The second-order valence-corrected chi connectivity index (χ2v) is 11.8. The molecule has 0 N–H and O–H groups in total. The summed E-state index contributed by atoms with van der Waals surface area (Å²) in [5.41, 5.74) is 0.430. The van der Waals surface area contributed by atoms with Crippen LogP contribution < -0.4 is 18.9 Å². The van der Waals surface area contributed by atoms with Gasteiger partial charge in [-0.1, -0.05) is 56.9 Å². The highest BCUT2D eigenvalue weighted by atomic mass is 19.1. The summed E-state index contributed by atoms with van der Waals surface area (Å²) in [5.74, 6) is 0.484. The van der Waals surface area contributed by atoms with Gasteiger partial charge in [0.1, 0.15) is 72.9 Å². The lowest BCUT2D eigenvalue weighted by Crippen LogP contribution is -2.04. The molecule has 0 amide bonds. The highest BCUT2D eigenvalue weighted by molar-refractivity contribution is 5.88. The second-order valence-electron chi connectivity index (χ2n) is 11.8. The van der Waals surface area contributed by atoms with Crippen molar-refractivity contribution in [3.05, 3.63) is 182 Å². The molecule has 0 heterocycles. The van der Waals surface area contributed by atoms with E-state index in [1.165, 1.54) is 69.3 Å². The molecule has 3 rings (SSSR count). The van der Waals surface area contributed by atoms with Crippen LogP contribution in [0.5, 0.6) is 23.0 Å². The monoisotopic (exact) mass is 792 g/mol. The van der Waals surface area contributed by atoms with Gasteiger partial charge in [-0.25, -0.2) is 23.2 Å². The summed E-state index contributed by atoms with van der Waals surface area (Å²) in [4.78, 5) is 35.0. The van der Waals surface area contributed by atoms with E-state index < -0.39 is 52.2 Å². The fourth-order valence-corrected chi connectivity index (χ4v) is 3.87. The second kappa shape index (κ2) is 21.9. The first-order valence-corrected chi connectivity index (χ1v) is 16.8. The van der Waals surface area contributed by atoms with E-state index in [2.05, 4.69) is 44.7 Å². The number of carbonyl (C=O) groups is 3. The van der Waals surface area contributed by atoms with Crippen LogP contribution in [0.25, 0.3) is 11.1 Å². The Morgan fingerprint density at radius 2 is 0.914 bits per heavy atom. The van der Waals surface area contributed by atoms with Gasteiger partial charge < -0.3 is 37.9 Å². The first kappa shape index (κ1) is 44.5. The minimum absolute atomic E-state index is 0.0803. The van der Waals surface area contributed by atoms with E-state index in [1.54, 1.807) is 6.92 Å². The lowest BCUT2D eigenvalue weighted by atomic mass is 9.99. The number of rotatable bonds is 18. The minimum atomic E-state index is -1.16. The van der Waals surface area contributed by atoms with Gasteiger partial charge in [0.05, 0.1) is 5.56 Å². The van der Waals surface area contributed by atoms with Crippen molar-refractivity contribution < 1.29 is 61.1 Å². The summed E-state index contributed by atoms with van der Waals surface area (Å²) in [6.07, 6.45) is 7.97. The largest absolute Gasteiger partial charge is 0.462 e. The molecular weight excluding hydrogens is 754 g/mol. The van der Waals surface area contributed by atoms with Crippen molar-refractivity contribution in [1.29, 1.82) is 0 Å². The van der Waals surface area contributed by atoms with Crippen molar-refractivity contribution in [2.45, 2.75) is 27.7 Å². The molecule has 0 spiro atoms. The van der Waals surface area contributed by atoms with Crippen LogP contribution in [0.1, 0.15) is 38.8 Å². The molecule has 3 aromatic rings. The lowest BCUT2D eigenvalue weighted by molar-refractivity contribution is -0.134. The maximum atomic E-state index is 16.8. The summed E-state index contributed by atoms with van der Waals surface area (Å²) in [6, 6.07) is 11.8. The molecule has 0 aromatic heterocycles. The Hall–Kier alpha value is -7.85. The number of hydrogen-bond donors (Lipinski definition) is 0. The molecule has 298 valence electrons. The van der Waals surface area contributed by atoms with E-state index >= 15 is 8.78 Å². The molecule has 58 heavy (non-hydrogen) atoms. The van der Waals surface area contributed by atoms with Crippen molar-refractivity contribution >= 4 is 17.9 Å². The molecular formula is C45H38F2O11. The fourth-order valence-electron chi connectivity index (χ4n) is 3.87. The van der Waals surface area contributed by atoms with Gasteiger partial charge in [0.2, 0.25) is 0 Å². The summed E-state index contributed by atoms with van der Waals surface area (Å²) in [5, 5.41) is 0. The van der Waals surface area contributed by atoms with Crippen LogP contribution in [0.4, 0.5) is 8.78 Å². The predicted octanol–water partition coefficient (Wildman–Crippen LogP) is 9.90. The highest BCUT2D eigenvalue weighted by Crippen LogP contribution is 2.43. The Morgan fingerprint density at radius 3 is 1.36 bits per heavy atom. The van der Waals surface area contributed by atoms with Crippen LogP contribution in [0, 0.1) is 23.5 Å². The quantitative estimate of drug-likeness (QED) is 0.0305. The highest BCUT2D eigenvalue weighted by Gasteiger charge is 2.28. The van der Waals surface area contributed by atoms with Gasteiger partial charge in [-0.05, 0) is 75.2 Å². The van der Waals surface area contributed by atoms with Crippen LogP contribution in [-0.4, -0.2) is 17.9 Å². The van der Waals surface area contributed by atoms with Crippen LogP contribution in [0.3, 0.4) is 0 Å². The lowest BCUT2D eigenvalue weighted by Gasteiger charge is -2.16. The zero-order valence-corrected chi connectivity index (χ0v) is 32.0. The molecule has 0 aliphatic heterocycles. The number of hydrogen-bond acceptors (Lipinski definition) is 11. The third-order valence-electron chi connectivity index (χ3n) is 6.88. The number of halogens is 2. The smallest absolute Gasteiger partial charge is 0.338 e. The van der Waals surface area contributed by atoms with Gasteiger partial charge in [-0.3, -0.25) is 0 Å². The Kier molecular flexibility index (Phi) is 16.8. The Balaban J connectivity index is 2.11. The van der Waals surface area contributed by atoms with E-state index in [4.69, 9.17) is 37.9 Å². The van der Waals surface area contributed by atoms with E-state index in [-0.39, 0.29) is 33.8 Å². The van der Waals surface area contributed by atoms with Crippen LogP contribution in [0.15, 0.2) is 160 Å². The van der Waals surface area contributed by atoms with Gasteiger partial charge in [0.15, 0.2) is 23.1 Å². The average Bonchev–Trinajstić information content (AvgIpc) is 3.19. The topological polar surface area (TPSA) is 125 Å². The van der Waals surface area contributed by atoms with Crippen molar-refractivity contribution in [2.24, 2.45) is 0 Å². The maximum Gasteiger partial charge on any atom is 0.338 e. The zero-order chi connectivity index (χ0) is 42.8. The summed E-state index contributed by atoms with van der Waals surface area (Å²) in [6.45, 7) is 23.9. The van der Waals surface area contributed by atoms with E-state index in [9.17, 15) is 14.4 Å². The summed E-state index contributed by atoms with van der Waals surface area (Å²) >= 11 is 0. The van der Waals surface area contributed by atoms with Gasteiger partial charge in [0.25, 0.3) is 0 Å². The normalized spacial score (nSPS) is 10.7. The molecule has 0 saturated heterocycles. The van der Waals surface area contributed by atoms with Gasteiger partial charge in [0, 0.05) is 22.3 Å². The Morgan fingerprint density at radius 1 is 0.500 bits per heavy atom. The fraction of sp³-hybridized carbons (Fsp3) is 0.0889. The molecule has 0 atom stereocenters. The molecule has 0 aliphatic rings. The zero-order valence-electron chi connectivity index (χ0n) is 32.0. The molecule has 0 unspecified atom stereocenters. The third kappa shape index (κ3) is 13.5. The Bertz CT molecular complexity index is 2280. The molecule has 0 radical (unpaired) electrons. The van der Waals surface area contributed by atoms with Gasteiger partial charge in [-0.2, -0.15) is 0 Å². The van der Waals surface area contributed by atoms with Crippen molar-refractivity contribution in [3.63, 3.8) is 0 Å². The number of carbonyl (C=O) groups excluding carboxylic acids is 3. The summed E-state index contributed by atoms with van der Waals surface area (Å²) < 4.78 is 75.4. The maximum absolute atomic E-state index is 16.8. The number of esters is 3. The average molecular weight is 793 g/mol. The Labute approximate surface area is 334 Å². The first-order valence-electron chi connectivity index (χ1n) is 16.8. The van der Waals surface area contributed by atoms with Crippen molar-refractivity contribution in [1.82, 2.24) is 0 Å². The van der Waals surface area contributed by atoms with Crippen LogP contribution in [0.2, 0.25) is 0 Å². The number of ether oxygens (including phenoxy) is 8. The molecule has 0 fully saturated rings. The van der Waals surface area contributed by atoms with E-state index in [0.29, 0.717) is 16.9 Å². The molecule has 13 heteroatoms.